The molecule has 0 aromatic rings. The fourth-order valence-corrected chi connectivity index (χ4v) is 3.28. The van der Waals surface area contributed by atoms with E-state index in [0.717, 1.165) is 6.54 Å². The van der Waals surface area contributed by atoms with E-state index in [1.807, 2.05) is 18.7 Å². The molecule has 0 saturated carbocycles. The Hall–Kier alpha value is -0.200. The molecular formula is C11H20N2S. The molecule has 14 heavy (non-hydrogen) atoms. The van der Waals surface area contributed by atoms with Crippen molar-refractivity contribution in [1.29, 1.82) is 5.26 Å². The number of hydrogen-bond donors (Lipinski definition) is 1. The van der Waals surface area contributed by atoms with E-state index in [-0.39, 0.29) is 5.92 Å². The third kappa shape index (κ3) is 3.18. The lowest BCUT2D eigenvalue weighted by atomic mass is 9.82. The van der Waals surface area contributed by atoms with E-state index >= 15 is 0 Å². The van der Waals surface area contributed by atoms with Crippen LogP contribution >= 0.6 is 11.8 Å². The van der Waals surface area contributed by atoms with Crippen molar-refractivity contribution in [2.45, 2.75) is 33.2 Å². The lowest BCUT2D eigenvalue weighted by Crippen LogP contribution is -2.47. The summed E-state index contributed by atoms with van der Waals surface area (Å²) in [5, 5.41) is 12.2. The highest BCUT2D eigenvalue weighted by atomic mass is 32.2. The van der Waals surface area contributed by atoms with Crippen molar-refractivity contribution >= 4 is 11.8 Å². The van der Waals surface area contributed by atoms with Crippen molar-refractivity contribution in [1.82, 2.24) is 5.32 Å². The van der Waals surface area contributed by atoms with Gasteiger partial charge in [0.1, 0.15) is 0 Å². The molecule has 0 amide bonds. The number of hydrogen-bond acceptors (Lipinski definition) is 3. The van der Waals surface area contributed by atoms with Crippen LogP contribution in [0.3, 0.4) is 0 Å². The second kappa shape index (κ2) is 5.04. The van der Waals surface area contributed by atoms with Gasteiger partial charge in [0, 0.05) is 18.3 Å². The van der Waals surface area contributed by atoms with Crippen LogP contribution in [0.2, 0.25) is 0 Å². The molecule has 1 aliphatic heterocycles. The zero-order chi connectivity index (χ0) is 10.6. The molecule has 2 atom stereocenters. The van der Waals surface area contributed by atoms with Crippen LogP contribution in [0.5, 0.6) is 0 Å². The molecule has 0 radical (unpaired) electrons. The highest BCUT2D eigenvalue weighted by molar-refractivity contribution is 7.99. The van der Waals surface area contributed by atoms with E-state index in [9.17, 15) is 0 Å². The third-order valence-electron chi connectivity index (χ3n) is 3.01. The molecule has 1 rings (SSSR count). The largest absolute Gasteiger partial charge is 0.311 e. The summed E-state index contributed by atoms with van der Waals surface area (Å²) in [7, 11) is 0. The molecule has 1 aliphatic rings. The Bertz CT molecular complexity index is 220. The molecule has 1 N–H and O–H groups in total. The monoisotopic (exact) mass is 212 g/mol. The van der Waals surface area contributed by atoms with Crippen LogP contribution < -0.4 is 5.32 Å². The fourth-order valence-electron chi connectivity index (χ4n) is 1.64. The van der Waals surface area contributed by atoms with Gasteiger partial charge in [-0.2, -0.15) is 17.0 Å². The second-order valence-corrected chi connectivity index (χ2v) is 5.95. The molecule has 2 nitrogen and oxygen atoms in total. The zero-order valence-electron chi connectivity index (χ0n) is 9.34. The van der Waals surface area contributed by atoms with Crippen LogP contribution in [0.1, 0.15) is 27.2 Å². The first-order valence-corrected chi connectivity index (χ1v) is 6.42. The van der Waals surface area contributed by atoms with Crippen LogP contribution in [0.25, 0.3) is 0 Å². The predicted molar refractivity (Wildman–Crippen MR) is 62.3 cm³/mol. The molecule has 0 spiro atoms. The fraction of sp³-hybridized carbons (Fsp3) is 0.909. The van der Waals surface area contributed by atoms with Crippen molar-refractivity contribution < 1.29 is 0 Å². The first-order valence-electron chi connectivity index (χ1n) is 5.27. The molecule has 0 bridgehead atoms. The average molecular weight is 212 g/mol. The van der Waals surface area contributed by atoms with Gasteiger partial charge >= 0.3 is 0 Å². The predicted octanol–water partition coefficient (Wildman–Crippen LogP) is 2.27. The quantitative estimate of drug-likeness (QED) is 0.779. The summed E-state index contributed by atoms with van der Waals surface area (Å²) < 4.78 is 0. The Morgan fingerprint density at radius 1 is 1.64 bits per heavy atom. The summed E-state index contributed by atoms with van der Waals surface area (Å²) in [4.78, 5) is 0. The van der Waals surface area contributed by atoms with E-state index in [4.69, 9.17) is 5.26 Å². The summed E-state index contributed by atoms with van der Waals surface area (Å²) in [5.41, 5.74) is 0.389. The van der Waals surface area contributed by atoms with Crippen LogP contribution in [-0.2, 0) is 0 Å². The van der Waals surface area contributed by atoms with Crippen LogP contribution in [0.4, 0.5) is 0 Å². The van der Waals surface area contributed by atoms with E-state index in [1.165, 1.54) is 17.9 Å². The molecule has 2 unspecified atom stereocenters. The minimum atomic E-state index is 0.123. The topological polar surface area (TPSA) is 35.8 Å². The third-order valence-corrected chi connectivity index (χ3v) is 4.07. The Balaban J connectivity index is 2.39. The highest BCUT2D eigenvalue weighted by Crippen LogP contribution is 2.34. The van der Waals surface area contributed by atoms with Gasteiger partial charge in [-0.25, -0.2) is 0 Å². The molecule has 0 aromatic heterocycles. The molecule has 3 heteroatoms. The van der Waals surface area contributed by atoms with Gasteiger partial charge < -0.3 is 5.32 Å². The molecule has 0 aromatic carbocycles. The van der Waals surface area contributed by atoms with Gasteiger partial charge in [-0.3, -0.25) is 0 Å². The second-order valence-electron chi connectivity index (χ2n) is 4.80. The summed E-state index contributed by atoms with van der Waals surface area (Å²) in [6.07, 6.45) is 1.27. The minimum Gasteiger partial charge on any atom is -0.311 e. The van der Waals surface area contributed by atoms with Crippen LogP contribution in [0, 0.1) is 22.7 Å². The van der Waals surface area contributed by atoms with Crippen molar-refractivity contribution in [2.75, 3.05) is 18.1 Å². The summed E-state index contributed by atoms with van der Waals surface area (Å²) >= 11 is 2.02. The molecule has 80 valence electrons. The Morgan fingerprint density at radius 2 is 2.36 bits per heavy atom. The number of nitrogens with zero attached hydrogens (tertiary/aromatic N) is 1. The first kappa shape index (κ1) is 11.9. The van der Waals surface area contributed by atoms with Gasteiger partial charge in [0.05, 0.1) is 12.0 Å². The van der Waals surface area contributed by atoms with Crippen LogP contribution in [-0.4, -0.2) is 24.1 Å². The number of rotatable bonds is 3. The van der Waals surface area contributed by atoms with Gasteiger partial charge in [-0.1, -0.05) is 13.8 Å². The van der Waals surface area contributed by atoms with Gasteiger partial charge in [0.15, 0.2) is 0 Å². The lowest BCUT2D eigenvalue weighted by molar-refractivity contribution is 0.243. The SMILES string of the molecule is CC(C#N)CNC1CSCCC1(C)C. The van der Waals surface area contributed by atoms with Crippen molar-refractivity contribution in [3.8, 4) is 6.07 Å². The maximum absolute atomic E-state index is 8.70. The van der Waals surface area contributed by atoms with E-state index in [2.05, 4.69) is 25.2 Å². The van der Waals surface area contributed by atoms with Crippen molar-refractivity contribution in [2.24, 2.45) is 11.3 Å². The van der Waals surface area contributed by atoms with E-state index in [1.54, 1.807) is 0 Å². The molecule has 1 heterocycles. The molecule has 0 aliphatic carbocycles. The van der Waals surface area contributed by atoms with Crippen molar-refractivity contribution in [3.05, 3.63) is 0 Å². The Kier molecular flexibility index (Phi) is 4.28. The maximum Gasteiger partial charge on any atom is 0.0666 e. The zero-order valence-corrected chi connectivity index (χ0v) is 10.2. The van der Waals surface area contributed by atoms with Crippen LogP contribution in [0.15, 0.2) is 0 Å². The summed E-state index contributed by atoms with van der Waals surface area (Å²) in [6, 6.07) is 2.83. The van der Waals surface area contributed by atoms with Crippen molar-refractivity contribution in [3.63, 3.8) is 0 Å². The standard InChI is InChI=1S/C11H20N2S/c1-9(6-12)7-13-10-8-14-5-4-11(10,2)3/h9-10,13H,4-5,7-8H2,1-3H3. The van der Waals surface area contributed by atoms with Gasteiger partial charge in [-0.05, 0) is 24.5 Å². The van der Waals surface area contributed by atoms with Gasteiger partial charge in [0.2, 0.25) is 0 Å². The van der Waals surface area contributed by atoms with E-state index < -0.39 is 0 Å². The lowest BCUT2D eigenvalue weighted by Gasteiger charge is -2.39. The Labute approximate surface area is 91.4 Å². The summed E-state index contributed by atoms with van der Waals surface area (Å²) in [6.45, 7) is 7.43. The molecule has 1 saturated heterocycles. The number of nitriles is 1. The maximum atomic E-state index is 8.70. The first-order chi connectivity index (χ1) is 6.56. The molecular weight excluding hydrogens is 192 g/mol. The smallest absolute Gasteiger partial charge is 0.0666 e. The molecule has 1 fully saturated rings. The summed E-state index contributed by atoms with van der Waals surface area (Å²) in [5.74, 6) is 2.59. The normalized spacial score (nSPS) is 28.0. The van der Waals surface area contributed by atoms with Gasteiger partial charge in [-0.15, -0.1) is 0 Å². The number of nitrogens with one attached hydrogen (secondary N) is 1. The average Bonchev–Trinajstić information content (AvgIpc) is 2.15. The van der Waals surface area contributed by atoms with E-state index in [0.29, 0.717) is 11.5 Å². The van der Waals surface area contributed by atoms with Gasteiger partial charge in [0.25, 0.3) is 0 Å². The Morgan fingerprint density at radius 3 is 2.93 bits per heavy atom. The minimum absolute atomic E-state index is 0.123. The highest BCUT2D eigenvalue weighted by Gasteiger charge is 2.32. The number of thioether (sulfide) groups is 1.